The van der Waals surface area contributed by atoms with Crippen molar-refractivity contribution in [3.63, 3.8) is 0 Å². The lowest BCUT2D eigenvalue weighted by Crippen LogP contribution is -2.39. The Morgan fingerprint density at radius 2 is 1.88 bits per heavy atom. The van der Waals surface area contributed by atoms with E-state index in [2.05, 4.69) is 4.98 Å². The first kappa shape index (κ1) is 27.7. The van der Waals surface area contributed by atoms with Crippen LogP contribution in [0.2, 0.25) is 0 Å². The zero-order chi connectivity index (χ0) is 24.8. The van der Waals surface area contributed by atoms with Gasteiger partial charge in [-0.25, -0.2) is 4.98 Å². The van der Waals surface area contributed by atoms with E-state index >= 15 is 0 Å². The number of aliphatic hydroxyl groups is 2. The summed E-state index contributed by atoms with van der Waals surface area (Å²) in [4.78, 5) is 30.3. The molecule has 1 fully saturated rings. The van der Waals surface area contributed by atoms with E-state index in [-0.39, 0.29) is 24.1 Å². The summed E-state index contributed by atoms with van der Waals surface area (Å²) in [7, 11) is 0. The zero-order valence-corrected chi connectivity index (χ0v) is 21.8. The van der Waals surface area contributed by atoms with Crippen LogP contribution in [-0.2, 0) is 14.3 Å². The molecule has 186 valence electrons. The number of ether oxygens (including phenoxy) is 1. The summed E-state index contributed by atoms with van der Waals surface area (Å²) in [6, 6.07) is 0. The highest BCUT2D eigenvalue weighted by atomic mass is 32.1. The maximum Gasteiger partial charge on any atom is 0.306 e. The number of ketones is 1. The molecule has 2 rings (SSSR count). The fourth-order valence-electron chi connectivity index (χ4n) is 4.50. The lowest BCUT2D eigenvalue weighted by Gasteiger charge is -2.31. The summed E-state index contributed by atoms with van der Waals surface area (Å²) in [6.07, 6.45) is 3.90. The van der Waals surface area contributed by atoms with E-state index in [0.717, 1.165) is 35.5 Å². The van der Waals surface area contributed by atoms with Crippen LogP contribution in [0.15, 0.2) is 11.0 Å². The van der Waals surface area contributed by atoms with Gasteiger partial charge < -0.3 is 14.9 Å². The number of aliphatic hydroxyl groups excluding tert-OH is 2. The van der Waals surface area contributed by atoms with Gasteiger partial charge in [-0.2, -0.15) is 0 Å². The quantitative estimate of drug-likeness (QED) is 0.573. The number of carbonyl (C=O) groups excluding carboxylic acids is 2. The first-order valence-electron chi connectivity index (χ1n) is 12.1. The second-order valence-corrected chi connectivity index (χ2v) is 11.4. The normalized spacial score (nSPS) is 31.3. The van der Waals surface area contributed by atoms with Crippen LogP contribution in [0.5, 0.6) is 0 Å². The predicted molar refractivity (Wildman–Crippen MR) is 132 cm³/mol. The Kier molecular flexibility index (Phi) is 10.3. The van der Waals surface area contributed by atoms with E-state index in [4.69, 9.17) is 4.74 Å². The SMILES string of the molecule is C/C(=C\c1csc(C)n1)[C@@H]1C[C@H](O)CCCC[C@H](C)[C@H](O)[C@@H](C)C(=O)C(C)(C)CCC(=O)O1. The number of thiazole rings is 1. The molecule has 2 N–H and O–H groups in total. The lowest BCUT2D eigenvalue weighted by molar-refractivity contribution is -0.149. The van der Waals surface area contributed by atoms with Crippen molar-refractivity contribution in [3.05, 3.63) is 21.7 Å². The van der Waals surface area contributed by atoms with Gasteiger partial charge in [0.2, 0.25) is 0 Å². The molecule has 0 saturated carbocycles. The van der Waals surface area contributed by atoms with Gasteiger partial charge in [0, 0.05) is 29.6 Å². The number of esters is 1. The van der Waals surface area contributed by atoms with Gasteiger partial charge >= 0.3 is 5.97 Å². The Morgan fingerprint density at radius 3 is 2.52 bits per heavy atom. The summed E-state index contributed by atoms with van der Waals surface area (Å²) >= 11 is 1.56. The van der Waals surface area contributed by atoms with Crippen LogP contribution in [0, 0.1) is 24.2 Å². The van der Waals surface area contributed by atoms with Gasteiger partial charge in [-0.15, -0.1) is 11.3 Å². The summed E-state index contributed by atoms with van der Waals surface area (Å²) in [5.41, 5.74) is 0.921. The van der Waals surface area contributed by atoms with Gasteiger partial charge in [0.15, 0.2) is 0 Å². The number of rotatable bonds is 2. The Balaban J connectivity index is 2.22. The van der Waals surface area contributed by atoms with Crippen molar-refractivity contribution in [1.29, 1.82) is 0 Å². The van der Waals surface area contributed by atoms with Crippen molar-refractivity contribution in [3.8, 4) is 0 Å². The van der Waals surface area contributed by atoms with E-state index in [0.29, 0.717) is 19.3 Å². The number of hydrogen-bond acceptors (Lipinski definition) is 7. The van der Waals surface area contributed by atoms with Gasteiger partial charge in [0.05, 0.1) is 22.9 Å². The van der Waals surface area contributed by atoms with E-state index in [1.54, 1.807) is 18.3 Å². The molecule has 0 aliphatic carbocycles. The third-order valence-corrected chi connectivity index (χ3v) is 7.65. The molecule has 0 aromatic carbocycles. The average molecular weight is 480 g/mol. The van der Waals surface area contributed by atoms with Gasteiger partial charge in [0.25, 0.3) is 0 Å². The lowest BCUT2D eigenvalue weighted by atomic mass is 9.74. The number of nitrogens with zero attached hydrogens (tertiary/aromatic N) is 1. The molecular formula is C26H41NO5S. The standard InChI is InChI=1S/C26H41NO5S/c1-16-9-7-8-10-21(28)14-22(17(2)13-20-15-33-19(4)27-20)32-23(29)11-12-26(5,6)25(31)18(3)24(16)30/h13,15-16,18,21-22,24,28,30H,7-12,14H2,1-6H3/b17-13+/t16-,18+,21+,22-,24-/m0/s1. The van der Waals surface area contributed by atoms with Gasteiger partial charge in [-0.05, 0) is 50.7 Å². The van der Waals surface area contributed by atoms with Crippen molar-refractivity contribution in [1.82, 2.24) is 4.98 Å². The summed E-state index contributed by atoms with van der Waals surface area (Å²) in [5.74, 6) is -0.911. The molecule has 6 nitrogen and oxygen atoms in total. The van der Waals surface area contributed by atoms with Gasteiger partial charge in [-0.1, -0.05) is 40.5 Å². The molecule has 2 heterocycles. The second kappa shape index (κ2) is 12.2. The predicted octanol–water partition coefficient (Wildman–Crippen LogP) is 5.10. The summed E-state index contributed by atoms with van der Waals surface area (Å²) in [6.45, 7) is 11.3. The molecular weight excluding hydrogens is 438 g/mol. The minimum atomic E-state index is -0.742. The third-order valence-electron chi connectivity index (χ3n) is 6.86. The maximum absolute atomic E-state index is 13.1. The first-order valence-corrected chi connectivity index (χ1v) is 13.0. The Hall–Kier alpha value is -1.57. The van der Waals surface area contributed by atoms with Crippen molar-refractivity contribution < 1.29 is 24.5 Å². The molecule has 1 aliphatic heterocycles. The number of hydrogen-bond donors (Lipinski definition) is 2. The summed E-state index contributed by atoms with van der Waals surface area (Å²) in [5, 5.41) is 24.3. The summed E-state index contributed by atoms with van der Waals surface area (Å²) < 4.78 is 5.80. The largest absolute Gasteiger partial charge is 0.458 e. The van der Waals surface area contributed by atoms with Crippen LogP contribution < -0.4 is 0 Å². The number of Topliss-reactive ketones (excluding diaryl/α,β-unsaturated/α-hetero) is 1. The average Bonchev–Trinajstić information content (AvgIpc) is 3.16. The van der Waals surface area contributed by atoms with Crippen LogP contribution in [0.3, 0.4) is 0 Å². The first-order chi connectivity index (χ1) is 15.4. The van der Waals surface area contributed by atoms with Crippen LogP contribution in [0.25, 0.3) is 6.08 Å². The molecule has 1 saturated heterocycles. The van der Waals surface area contributed by atoms with E-state index in [1.807, 2.05) is 46.1 Å². The molecule has 1 aliphatic rings. The number of aryl methyl sites for hydroxylation is 1. The topological polar surface area (TPSA) is 96.7 Å². The Morgan fingerprint density at radius 1 is 1.21 bits per heavy atom. The number of aromatic nitrogens is 1. The number of cyclic esters (lactones) is 1. The van der Waals surface area contributed by atoms with Crippen molar-refractivity contribution >= 4 is 29.2 Å². The molecule has 0 radical (unpaired) electrons. The molecule has 0 spiro atoms. The molecule has 1 aromatic rings. The highest BCUT2D eigenvalue weighted by Gasteiger charge is 2.37. The molecule has 5 atom stereocenters. The van der Waals surface area contributed by atoms with E-state index < -0.39 is 29.6 Å². The highest BCUT2D eigenvalue weighted by molar-refractivity contribution is 7.09. The van der Waals surface area contributed by atoms with Crippen LogP contribution in [0.1, 0.15) is 90.3 Å². The minimum absolute atomic E-state index is 0.00532. The van der Waals surface area contributed by atoms with Gasteiger partial charge in [0.1, 0.15) is 11.9 Å². The molecule has 7 heteroatoms. The Bertz CT molecular complexity index is 830. The van der Waals surface area contributed by atoms with Crippen molar-refractivity contribution in [2.75, 3.05) is 0 Å². The Labute approximate surface area is 202 Å². The smallest absolute Gasteiger partial charge is 0.306 e. The fraction of sp³-hybridized carbons (Fsp3) is 0.731. The maximum atomic E-state index is 13.1. The van der Waals surface area contributed by atoms with E-state index in [1.165, 1.54) is 0 Å². The van der Waals surface area contributed by atoms with Crippen LogP contribution >= 0.6 is 11.3 Å². The molecule has 0 unspecified atom stereocenters. The molecule has 0 amide bonds. The monoisotopic (exact) mass is 479 g/mol. The molecule has 1 aromatic heterocycles. The van der Waals surface area contributed by atoms with Crippen molar-refractivity contribution in [2.24, 2.45) is 17.3 Å². The number of carbonyl (C=O) groups is 2. The molecule has 0 bridgehead atoms. The zero-order valence-electron chi connectivity index (χ0n) is 21.0. The minimum Gasteiger partial charge on any atom is -0.458 e. The van der Waals surface area contributed by atoms with Crippen molar-refractivity contribution in [2.45, 2.75) is 105 Å². The molecule has 33 heavy (non-hydrogen) atoms. The highest BCUT2D eigenvalue weighted by Crippen LogP contribution is 2.32. The second-order valence-electron chi connectivity index (χ2n) is 10.3. The third kappa shape index (κ3) is 8.30. The van der Waals surface area contributed by atoms with Gasteiger partial charge in [-0.3, -0.25) is 9.59 Å². The van der Waals surface area contributed by atoms with E-state index in [9.17, 15) is 19.8 Å². The van der Waals surface area contributed by atoms with Crippen LogP contribution in [0.4, 0.5) is 0 Å². The van der Waals surface area contributed by atoms with Crippen LogP contribution in [-0.4, -0.2) is 45.3 Å². The fourth-order valence-corrected chi connectivity index (χ4v) is 5.07.